The fourth-order valence-corrected chi connectivity index (χ4v) is 2.60. The number of halogens is 2. The van der Waals surface area contributed by atoms with Crippen LogP contribution >= 0.6 is 27.5 Å². The Bertz CT molecular complexity index is 667. The minimum absolute atomic E-state index is 0.194. The Morgan fingerprint density at radius 2 is 2.21 bits per heavy atom. The SMILES string of the molecule is O=C(O)c1nc(C2CC2)n(-c2ccc(Br)cc2Cl)n1. The molecule has 0 amide bonds. The summed E-state index contributed by atoms with van der Waals surface area (Å²) in [5, 5.41) is 13.5. The molecule has 1 aromatic heterocycles. The molecule has 0 radical (unpaired) electrons. The van der Waals surface area contributed by atoms with E-state index in [1.165, 1.54) is 4.68 Å². The van der Waals surface area contributed by atoms with Crippen LogP contribution in [0.5, 0.6) is 0 Å². The highest BCUT2D eigenvalue weighted by Crippen LogP contribution is 2.40. The number of nitrogens with zero attached hydrogens (tertiary/aromatic N) is 3. The molecule has 1 fully saturated rings. The van der Waals surface area contributed by atoms with Gasteiger partial charge in [-0.05, 0) is 31.0 Å². The van der Waals surface area contributed by atoms with Crippen molar-refractivity contribution in [3.05, 3.63) is 39.3 Å². The number of hydrogen-bond acceptors (Lipinski definition) is 3. The van der Waals surface area contributed by atoms with Gasteiger partial charge in [0.05, 0.1) is 10.7 Å². The summed E-state index contributed by atoms with van der Waals surface area (Å²) in [5.74, 6) is -0.378. The first-order valence-corrected chi connectivity index (χ1v) is 6.89. The molecule has 0 atom stereocenters. The van der Waals surface area contributed by atoms with E-state index in [-0.39, 0.29) is 11.7 Å². The Morgan fingerprint density at radius 3 is 2.79 bits per heavy atom. The summed E-state index contributed by atoms with van der Waals surface area (Å²) >= 11 is 9.52. The Balaban J connectivity index is 2.15. The molecule has 0 unspecified atom stereocenters. The van der Waals surface area contributed by atoms with Gasteiger partial charge in [-0.1, -0.05) is 27.5 Å². The van der Waals surface area contributed by atoms with Gasteiger partial charge in [0.15, 0.2) is 0 Å². The monoisotopic (exact) mass is 341 g/mol. The van der Waals surface area contributed by atoms with Gasteiger partial charge in [0.25, 0.3) is 5.82 Å². The standard InChI is InChI=1S/C12H9BrClN3O2/c13-7-3-4-9(8(14)5-7)17-11(6-1-2-6)15-10(16-17)12(18)19/h3-6H,1-2H2,(H,18,19). The molecule has 1 N–H and O–H groups in total. The molecule has 19 heavy (non-hydrogen) atoms. The third-order valence-electron chi connectivity index (χ3n) is 2.90. The number of carboxylic acids is 1. The molecular formula is C12H9BrClN3O2. The van der Waals surface area contributed by atoms with Gasteiger partial charge in [0, 0.05) is 10.4 Å². The zero-order valence-corrected chi connectivity index (χ0v) is 12.0. The van der Waals surface area contributed by atoms with Crippen LogP contribution in [-0.2, 0) is 0 Å². The maximum atomic E-state index is 11.0. The summed E-state index contributed by atoms with van der Waals surface area (Å²) in [7, 11) is 0. The molecule has 0 spiro atoms. The summed E-state index contributed by atoms with van der Waals surface area (Å²) in [6.07, 6.45) is 2.01. The van der Waals surface area contributed by atoms with Gasteiger partial charge >= 0.3 is 5.97 Å². The van der Waals surface area contributed by atoms with E-state index in [1.54, 1.807) is 12.1 Å². The van der Waals surface area contributed by atoms with E-state index in [0.717, 1.165) is 17.3 Å². The van der Waals surface area contributed by atoms with Crippen LogP contribution in [0.2, 0.25) is 5.02 Å². The lowest BCUT2D eigenvalue weighted by molar-refractivity contribution is 0.0683. The maximum Gasteiger partial charge on any atom is 0.375 e. The zero-order chi connectivity index (χ0) is 13.6. The predicted octanol–water partition coefficient (Wildman–Crippen LogP) is 3.26. The number of aromatic nitrogens is 3. The summed E-state index contributed by atoms with van der Waals surface area (Å²) in [6, 6.07) is 5.37. The average molecular weight is 343 g/mol. The predicted molar refractivity (Wildman–Crippen MR) is 73.0 cm³/mol. The Hall–Kier alpha value is -1.40. The molecule has 0 bridgehead atoms. The van der Waals surface area contributed by atoms with E-state index in [0.29, 0.717) is 16.5 Å². The first-order chi connectivity index (χ1) is 9.06. The van der Waals surface area contributed by atoms with Crippen LogP contribution in [0.1, 0.15) is 35.2 Å². The van der Waals surface area contributed by atoms with E-state index in [4.69, 9.17) is 16.7 Å². The van der Waals surface area contributed by atoms with Gasteiger partial charge in [0.2, 0.25) is 0 Å². The third-order valence-corrected chi connectivity index (χ3v) is 3.70. The van der Waals surface area contributed by atoms with Crippen LogP contribution in [0.4, 0.5) is 0 Å². The third kappa shape index (κ3) is 2.37. The highest BCUT2D eigenvalue weighted by molar-refractivity contribution is 9.10. The number of carboxylic acid groups (broad SMARTS) is 1. The molecule has 1 aromatic carbocycles. The summed E-state index contributed by atoms with van der Waals surface area (Å²) in [6.45, 7) is 0. The number of benzene rings is 1. The minimum Gasteiger partial charge on any atom is -0.475 e. The fourth-order valence-electron chi connectivity index (χ4n) is 1.85. The van der Waals surface area contributed by atoms with Crippen molar-refractivity contribution in [2.45, 2.75) is 18.8 Å². The normalized spacial score (nSPS) is 14.6. The Kier molecular flexibility index (Phi) is 3.06. The Labute approximate surface area is 122 Å². The smallest absolute Gasteiger partial charge is 0.375 e. The van der Waals surface area contributed by atoms with Gasteiger partial charge < -0.3 is 5.11 Å². The lowest BCUT2D eigenvalue weighted by Gasteiger charge is -2.07. The molecule has 2 aromatic rings. The van der Waals surface area contributed by atoms with Crippen molar-refractivity contribution < 1.29 is 9.90 Å². The zero-order valence-electron chi connectivity index (χ0n) is 9.68. The molecule has 1 aliphatic rings. The van der Waals surface area contributed by atoms with Crippen molar-refractivity contribution in [3.8, 4) is 5.69 Å². The lowest BCUT2D eigenvalue weighted by atomic mass is 10.3. The van der Waals surface area contributed by atoms with E-state index in [9.17, 15) is 4.79 Å². The topological polar surface area (TPSA) is 68.0 Å². The van der Waals surface area contributed by atoms with Crippen LogP contribution in [-0.4, -0.2) is 25.8 Å². The van der Waals surface area contributed by atoms with Gasteiger partial charge in [0.1, 0.15) is 5.82 Å². The fraction of sp³-hybridized carbons (Fsp3) is 0.250. The van der Waals surface area contributed by atoms with Crippen LogP contribution in [0.25, 0.3) is 5.69 Å². The van der Waals surface area contributed by atoms with E-state index >= 15 is 0 Å². The second-order valence-electron chi connectivity index (χ2n) is 4.38. The van der Waals surface area contributed by atoms with Crippen molar-refractivity contribution in [2.75, 3.05) is 0 Å². The van der Waals surface area contributed by atoms with Gasteiger partial charge in [-0.3, -0.25) is 0 Å². The minimum atomic E-state index is -1.13. The molecule has 1 heterocycles. The largest absolute Gasteiger partial charge is 0.475 e. The quantitative estimate of drug-likeness (QED) is 0.929. The number of hydrogen-bond donors (Lipinski definition) is 1. The number of aromatic carboxylic acids is 1. The van der Waals surface area contributed by atoms with E-state index < -0.39 is 5.97 Å². The molecule has 0 aliphatic heterocycles. The second-order valence-corrected chi connectivity index (χ2v) is 5.70. The first kappa shape index (κ1) is 12.6. The number of carbonyl (C=O) groups is 1. The average Bonchev–Trinajstić information content (AvgIpc) is 3.09. The van der Waals surface area contributed by atoms with Crippen LogP contribution in [0, 0.1) is 0 Å². The van der Waals surface area contributed by atoms with Crippen molar-refractivity contribution in [1.29, 1.82) is 0 Å². The van der Waals surface area contributed by atoms with Gasteiger partial charge in [-0.2, -0.15) is 0 Å². The summed E-state index contributed by atoms with van der Waals surface area (Å²) in [5.41, 5.74) is 0.645. The van der Waals surface area contributed by atoms with Crippen LogP contribution in [0.3, 0.4) is 0 Å². The van der Waals surface area contributed by atoms with Crippen LogP contribution in [0.15, 0.2) is 22.7 Å². The highest BCUT2D eigenvalue weighted by Gasteiger charge is 2.31. The molecule has 3 rings (SSSR count). The first-order valence-electron chi connectivity index (χ1n) is 5.72. The van der Waals surface area contributed by atoms with Crippen molar-refractivity contribution >= 4 is 33.5 Å². The second kappa shape index (κ2) is 4.61. The van der Waals surface area contributed by atoms with E-state index in [1.807, 2.05) is 6.07 Å². The van der Waals surface area contributed by atoms with Crippen LogP contribution < -0.4 is 0 Å². The van der Waals surface area contributed by atoms with Crippen molar-refractivity contribution in [3.63, 3.8) is 0 Å². The molecule has 1 saturated carbocycles. The van der Waals surface area contributed by atoms with Crippen molar-refractivity contribution in [1.82, 2.24) is 14.8 Å². The van der Waals surface area contributed by atoms with Gasteiger partial charge in [-0.15, -0.1) is 5.10 Å². The highest BCUT2D eigenvalue weighted by atomic mass is 79.9. The maximum absolute atomic E-state index is 11.0. The molecule has 0 saturated heterocycles. The molecule has 98 valence electrons. The molecule has 1 aliphatic carbocycles. The van der Waals surface area contributed by atoms with Crippen molar-refractivity contribution in [2.24, 2.45) is 0 Å². The molecular weight excluding hydrogens is 334 g/mol. The Morgan fingerprint density at radius 1 is 1.47 bits per heavy atom. The summed E-state index contributed by atoms with van der Waals surface area (Å²) < 4.78 is 2.39. The number of rotatable bonds is 3. The molecule has 7 heteroatoms. The summed E-state index contributed by atoms with van der Waals surface area (Å²) in [4.78, 5) is 15.1. The van der Waals surface area contributed by atoms with Gasteiger partial charge in [-0.25, -0.2) is 14.5 Å². The van der Waals surface area contributed by atoms with E-state index in [2.05, 4.69) is 26.0 Å². The lowest BCUT2D eigenvalue weighted by Crippen LogP contribution is -2.04. The molecule has 5 nitrogen and oxygen atoms in total.